The van der Waals surface area contributed by atoms with Crippen molar-refractivity contribution in [2.45, 2.75) is 31.0 Å². The molecule has 32 heavy (non-hydrogen) atoms. The summed E-state index contributed by atoms with van der Waals surface area (Å²) in [5, 5.41) is 42.4. The zero-order valence-corrected chi connectivity index (χ0v) is 19.0. The monoisotopic (exact) mass is 507 g/mol. The van der Waals surface area contributed by atoms with Crippen LogP contribution in [0.15, 0.2) is 0 Å². The molecule has 0 aromatic rings. The summed E-state index contributed by atoms with van der Waals surface area (Å²) in [7, 11) is 0. The van der Waals surface area contributed by atoms with Gasteiger partial charge in [0.1, 0.15) is 18.1 Å². The summed E-state index contributed by atoms with van der Waals surface area (Å²) in [6.07, 6.45) is 1.78. The summed E-state index contributed by atoms with van der Waals surface area (Å²) in [5.74, 6) is -4.28. The third-order valence-electron chi connectivity index (χ3n) is 2.74. The Balaban J connectivity index is -0.000000155. The third kappa shape index (κ3) is 32.5. The van der Waals surface area contributed by atoms with E-state index in [4.69, 9.17) is 37.0 Å². The van der Waals surface area contributed by atoms with Crippen molar-refractivity contribution in [1.29, 1.82) is 0 Å². The Kier molecular flexibility index (Phi) is 29.2. The Morgan fingerprint density at radius 3 is 1.19 bits per heavy atom. The lowest BCUT2D eigenvalue weighted by molar-refractivity contribution is -0.139. The number of nitrogens with two attached hydrogens (primary N) is 4. The first-order chi connectivity index (χ1) is 14.7. The molecule has 0 aromatic heterocycles. The van der Waals surface area contributed by atoms with E-state index in [1.54, 1.807) is 0 Å². The van der Waals surface area contributed by atoms with Crippen LogP contribution >= 0.6 is 25.3 Å². The molecule has 14 N–H and O–H groups in total. The number of nitrogens with one attached hydrogen (secondary N) is 1. The summed E-state index contributed by atoms with van der Waals surface area (Å²) in [6, 6.07) is -1.90. The van der Waals surface area contributed by atoms with Crippen LogP contribution in [0.25, 0.3) is 0 Å². The summed E-state index contributed by atoms with van der Waals surface area (Å²) in [6.45, 7) is 0.303. The number of thiol groups is 2. The smallest absolute Gasteiger partial charge is 0.321 e. The van der Waals surface area contributed by atoms with Crippen LogP contribution in [0.4, 0.5) is 0 Å². The molecule has 190 valence electrons. The van der Waals surface area contributed by atoms with Crippen molar-refractivity contribution in [3.63, 3.8) is 0 Å². The van der Waals surface area contributed by atoms with E-state index in [0.29, 0.717) is 0 Å². The highest BCUT2D eigenvalue weighted by Gasteiger charge is 2.20. The summed E-state index contributed by atoms with van der Waals surface area (Å²) >= 11 is 7.30. The molecule has 1 saturated heterocycles. The highest BCUT2D eigenvalue weighted by molar-refractivity contribution is 7.80. The second-order valence-electron chi connectivity index (χ2n) is 5.44. The molecule has 1 rings (SSSR count). The molecule has 0 amide bonds. The molecule has 0 bridgehead atoms. The van der Waals surface area contributed by atoms with Gasteiger partial charge in [0.15, 0.2) is 0 Å². The van der Waals surface area contributed by atoms with Crippen LogP contribution in [0, 0.1) is 0 Å². The Morgan fingerprint density at radius 1 is 0.812 bits per heavy atom. The van der Waals surface area contributed by atoms with Gasteiger partial charge in [0, 0.05) is 11.5 Å². The van der Waals surface area contributed by atoms with Crippen molar-refractivity contribution in [3.8, 4) is 0 Å². The van der Waals surface area contributed by atoms with Crippen LogP contribution in [0.1, 0.15) is 12.8 Å². The number of carboxylic acid groups (broad SMARTS) is 5. The fourth-order valence-corrected chi connectivity index (χ4v) is 1.36. The predicted molar refractivity (Wildman–Crippen MR) is 121 cm³/mol. The third-order valence-corrected chi connectivity index (χ3v) is 3.52. The Labute approximate surface area is 195 Å². The molecule has 0 spiro atoms. The van der Waals surface area contributed by atoms with E-state index < -0.39 is 41.9 Å². The Morgan fingerprint density at radius 2 is 1.12 bits per heavy atom. The molecule has 1 fully saturated rings. The molecule has 1 aliphatic rings. The topological polar surface area (TPSA) is 303 Å². The zero-order valence-electron chi connectivity index (χ0n) is 17.2. The first kappa shape index (κ1) is 37.2. The molecule has 17 heteroatoms. The van der Waals surface area contributed by atoms with E-state index in [9.17, 15) is 24.0 Å². The zero-order chi connectivity index (χ0) is 26.3. The highest BCUT2D eigenvalue weighted by atomic mass is 32.1. The molecule has 0 aromatic carbocycles. The van der Waals surface area contributed by atoms with Gasteiger partial charge in [-0.25, -0.2) is 0 Å². The van der Waals surface area contributed by atoms with E-state index in [1.165, 1.54) is 0 Å². The second-order valence-corrected chi connectivity index (χ2v) is 6.17. The van der Waals surface area contributed by atoms with Crippen LogP contribution < -0.4 is 28.3 Å². The van der Waals surface area contributed by atoms with Crippen molar-refractivity contribution in [3.05, 3.63) is 0 Å². The first-order valence-electron chi connectivity index (χ1n) is 8.69. The largest absolute Gasteiger partial charge is 0.480 e. The van der Waals surface area contributed by atoms with Crippen LogP contribution in [-0.4, -0.2) is 105 Å². The quantitative estimate of drug-likeness (QED) is 0.149. The average molecular weight is 508 g/mol. The van der Waals surface area contributed by atoms with Crippen LogP contribution in [-0.2, 0) is 24.0 Å². The van der Waals surface area contributed by atoms with E-state index in [1.807, 2.05) is 0 Å². The molecule has 0 saturated carbocycles. The van der Waals surface area contributed by atoms with E-state index in [0.717, 1.165) is 19.4 Å². The lowest BCUT2D eigenvalue weighted by Crippen LogP contribution is -2.31. The summed E-state index contributed by atoms with van der Waals surface area (Å²) in [5.41, 5.74) is 19.0. The maximum atomic E-state index is 10.1. The first-order valence-corrected chi connectivity index (χ1v) is 9.96. The number of hydrogen-bond donors (Lipinski definition) is 12. The molecule has 1 aliphatic heterocycles. The Hall–Kier alpha value is -2.15. The van der Waals surface area contributed by atoms with Crippen molar-refractivity contribution in [2.24, 2.45) is 22.9 Å². The van der Waals surface area contributed by atoms with Crippen molar-refractivity contribution in [1.82, 2.24) is 5.32 Å². The van der Waals surface area contributed by atoms with Gasteiger partial charge >= 0.3 is 29.8 Å². The number of hydrogen-bond acceptors (Lipinski definition) is 12. The average Bonchev–Trinajstić information content (AvgIpc) is 3.29. The summed E-state index contributed by atoms with van der Waals surface area (Å²) < 4.78 is 0. The van der Waals surface area contributed by atoms with E-state index >= 15 is 0 Å². The molecule has 15 nitrogen and oxygen atoms in total. The van der Waals surface area contributed by atoms with Crippen molar-refractivity contribution < 1.29 is 49.5 Å². The molecule has 0 aliphatic carbocycles. The number of carboxylic acids is 5. The van der Waals surface area contributed by atoms with Gasteiger partial charge in [-0.05, 0) is 19.4 Å². The maximum Gasteiger partial charge on any atom is 0.321 e. The van der Waals surface area contributed by atoms with E-state index in [2.05, 4.69) is 42.0 Å². The van der Waals surface area contributed by atoms with Crippen molar-refractivity contribution in [2.75, 3.05) is 31.1 Å². The predicted octanol–water partition coefficient (Wildman–Crippen LogP) is -3.46. The van der Waals surface area contributed by atoms with Crippen LogP contribution in [0.2, 0.25) is 0 Å². The normalized spacial score (nSPS) is 15.2. The van der Waals surface area contributed by atoms with Crippen LogP contribution in [0.3, 0.4) is 0 Å². The van der Waals surface area contributed by atoms with Gasteiger partial charge < -0.3 is 53.8 Å². The Bertz CT molecular complexity index is 517. The van der Waals surface area contributed by atoms with Crippen molar-refractivity contribution >= 4 is 55.1 Å². The number of aliphatic carboxylic acids is 5. The molecular weight excluding hydrogens is 474 g/mol. The minimum absolute atomic E-state index is 0.190. The standard InChI is InChI=1S/C5H9NO2.2C3H7NO2S.2C2H5NO2/c7-5(8)4-2-1-3-6-4;2*4-2(1-7)3(5)6;2*3-1-2(4)5/h4,6H,1-3H2,(H,7,8);2*2,7H,1,4H2,(H,5,6);2*1,3H2,(H,4,5)/t4-;2*2-;;/m000../s1. The van der Waals surface area contributed by atoms with E-state index in [-0.39, 0.29) is 30.6 Å². The van der Waals surface area contributed by atoms with Gasteiger partial charge in [-0.15, -0.1) is 0 Å². The van der Waals surface area contributed by atoms with Gasteiger partial charge in [-0.2, -0.15) is 25.3 Å². The van der Waals surface area contributed by atoms with Gasteiger partial charge in [0.2, 0.25) is 0 Å². The molecule has 0 radical (unpaired) electrons. The fraction of sp³-hybridized carbons (Fsp3) is 0.667. The number of carbonyl (C=O) groups is 5. The van der Waals surface area contributed by atoms with Gasteiger partial charge in [0.25, 0.3) is 0 Å². The van der Waals surface area contributed by atoms with Crippen LogP contribution in [0.5, 0.6) is 0 Å². The van der Waals surface area contributed by atoms with Gasteiger partial charge in [-0.1, -0.05) is 0 Å². The van der Waals surface area contributed by atoms with Gasteiger partial charge in [-0.3, -0.25) is 24.0 Å². The lowest BCUT2D eigenvalue weighted by atomic mass is 10.2. The molecule has 0 unspecified atom stereocenters. The maximum absolute atomic E-state index is 10.1. The fourth-order valence-electron chi connectivity index (χ4n) is 1.05. The SMILES string of the molecule is NCC(=O)O.NCC(=O)O.N[C@@H](CS)C(=O)O.N[C@@H](CS)C(=O)O.O=C(O)[C@@H]1CCCN1. The molecular formula is C15H33N5O10S2. The highest BCUT2D eigenvalue weighted by Crippen LogP contribution is 2.03. The molecule has 1 heterocycles. The second kappa shape index (κ2) is 25.1. The lowest BCUT2D eigenvalue weighted by Gasteiger charge is -1.99. The summed E-state index contributed by atoms with van der Waals surface area (Å²) in [4.78, 5) is 48.1. The number of rotatable bonds is 7. The van der Waals surface area contributed by atoms with Gasteiger partial charge in [0.05, 0.1) is 13.1 Å². The minimum Gasteiger partial charge on any atom is -0.480 e. The molecule has 3 atom stereocenters. The minimum atomic E-state index is -1.00.